The van der Waals surface area contributed by atoms with Gasteiger partial charge in [0.25, 0.3) is 17.1 Å². The van der Waals surface area contributed by atoms with Crippen molar-refractivity contribution in [3.05, 3.63) is 40.5 Å². The van der Waals surface area contributed by atoms with Crippen molar-refractivity contribution in [2.24, 2.45) is 0 Å². The Morgan fingerprint density at radius 2 is 1.81 bits per heavy atom. The van der Waals surface area contributed by atoms with Crippen molar-refractivity contribution in [2.45, 2.75) is 19.5 Å². The molecule has 32 heavy (non-hydrogen) atoms. The van der Waals surface area contributed by atoms with E-state index in [1.165, 1.54) is 19.1 Å². The standard InChI is InChI=1S/C21H21F3N4O3S/c1-13-16(5-6-26-7-9-27(10-8-26)20(31)32-2)19(30)28(18(13)29)15-4-3-14(12-25)17(11-15)21(22,23)24/h3-4,11H,5-10H2,1-2H3. The minimum absolute atomic E-state index is 0.0102. The predicted molar refractivity (Wildman–Crippen MR) is 113 cm³/mol. The number of halogens is 3. The molecular formula is C21H21F3N4O3S. The monoisotopic (exact) mass is 466 g/mol. The second kappa shape index (κ2) is 9.34. The van der Waals surface area contributed by atoms with Crippen molar-refractivity contribution in [1.82, 2.24) is 9.80 Å². The average Bonchev–Trinajstić information content (AvgIpc) is 2.99. The summed E-state index contributed by atoms with van der Waals surface area (Å²) in [6.45, 7) is 4.38. The molecule has 3 amide bonds. The summed E-state index contributed by atoms with van der Waals surface area (Å²) >= 11 is 1.16. The summed E-state index contributed by atoms with van der Waals surface area (Å²) in [6.07, 6.45) is -2.80. The van der Waals surface area contributed by atoms with E-state index >= 15 is 0 Å². The van der Waals surface area contributed by atoms with Gasteiger partial charge in [0.1, 0.15) is 0 Å². The summed E-state index contributed by atoms with van der Waals surface area (Å²) in [7, 11) is 0. The molecule has 7 nitrogen and oxygen atoms in total. The molecule has 2 heterocycles. The van der Waals surface area contributed by atoms with E-state index in [0.29, 0.717) is 38.8 Å². The quantitative estimate of drug-likeness (QED) is 0.634. The summed E-state index contributed by atoms with van der Waals surface area (Å²) < 4.78 is 39.9. The molecule has 0 spiro atoms. The maximum atomic E-state index is 13.3. The molecule has 1 fully saturated rings. The number of benzene rings is 1. The summed E-state index contributed by atoms with van der Waals surface area (Å²) in [6, 6.07) is 4.27. The molecule has 1 aromatic rings. The van der Waals surface area contributed by atoms with Crippen LogP contribution in [-0.4, -0.2) is 65.8 Å². The molecule has 3 rings (SSSR count). The number of anilines is 1. The Morgan fingerprint density at radius 3 is 2.38 bits per heavy atom. The van der Waals surface area contributed by atoms with E-state index in [2.05, 4.69) is 4.90 Å². The van der Waals surface area contributed by atoms with Crippen LogP contribution in [0.3, 0.4) is 0 Å². The van der Waals surface area contributed by atoms with Gasteiger partial charge in [0.2, 0.25) is 0 Å². The van der Waals surface area contributed by atoms with Gasteiger partial charge in [-0.15, -0.1) is 0 Å². The summed E-state index contributed by atoms with van der Waals surface area (Å²) in [4.78, 5) is 41.9. The van der Waals surface area contributed by atoms with Crippen LogP contribution in [0.1, 0.15) is 24.5 Å². The molecule has 0 saturated carbocycles. The van der Waals surface area contributed by atoms with Crippen LogP contribution in [0.4, 0.5) is 23.7 Å². The second-order valence-corrected chi connectivity index (χ2v) is 8.19. The number of rotatable bonds is 4. The number of nitriles is 1. The fourth-order valence-electron chi connectivity index (χ4n) is 3.77. The van der Waals surface area contributed by atoms with E-state index < -0.39 is 29.1 Å². The van der Waals surface area contributed by atoms with Gasteiger partial charge in [-0.2, -0.15) is 18.4 Å². The van der Waals surface area contributed by atoms with Gasteiger partial charge in [-0.1, -0.05) is 11.8 Å². The van der Waals surface area contributed by atoms with Crippen LogP contribution in [0.15, 0.2) is 29.3 Å². The lowest BCUT2D eigenvalue weighted by atomic mass is 10.1. The van der Waals surface area contributed by atoms with E-state index in [0.717, 1.165) is 22.7 Å². The molecule has 0 bridgehead atoms. The lowest BCUT2D eigenvalue weighted by molar-refractivity contribution is -0.138. The molecule has 2 aliphatic heterocycles. The Balaban J connectivity index is 1.72. The van der Waals surface area contributed by atoms with Crippen molar-refractivity contribution < 1.29 is 27.6 Å². The fraction of sp³-hybridized carbons (Fsp3) is 0.429. The van der Waals surface area contributed by atoms with Gasteiger partial charge in [-0.25, -0.2) is 4.90 Å². The van der Waals surface area contributed by atoms with E-state index in [9.17, 15) is 27.6 Å². The Labute approximate surface area is 187 Å². The number of thioether (sulfide) groups is 1. The van der Waals surface area contributed by atoms with Crippen LogP contribution in [-0.2, 0) is 15.8 Å². The van der Waals surface area contributed by atoms with Crippen molar-refractivity contribution in [3.8, 4) is 6.07 Å². The Kier molecular flexibility index (Phi) is 6.95. The highest BCUT2D eigenvalue weighted by molar-refractivity contribution is 8.12. The number of carbonyl (C=O) groups excluding carboxylic acids is 3. The molecule has 0 aliphatic carbocycles. The number of piperazine rings is 1. The highest BCUT2D eigenvalue weighted by Crippen LogP contribution is 2.36. The van der Waals surface area contributed by atoms with Crippen molar-refractivity contribution in [3.63, 3.8) is 0 Å². The van der Waals surface area contributed by atoms with Gasteiger partial charge in [0, 0.05) is 43.9 Å². The van der Waals surface area contributed by atoms with Crippen LogP contribution < -0.4 is 4.90 Å². The number of nitrogens with zero attached hydrogens (tertiary/aromatic N) is 4. The normalized spacial score (nSPS) is 17.9. The first-order valence-electron chi connectivity index (χ1n) is 9.83. The van der Waals surface area contributed by atoms with Gasteiger partial charge in [0.15, 0.2) is 0 Å². The molecule has 2 aliphatic rings. The highest BCUT2D eigenvalue weighted by Gasteiger charge is 2.39. The smallest absolute Gasteiger partial charge is 0.331 e. The molecule has 11 heteroatoms. The topological polar surface area (TPSA) is 84.7 Å². The minimum atomic E-state index is -4.79. The number of carbonyl (C=O) groups is 3. The summed E-state index contributed by atoms with van der Waals surface area (Å²) in [5.74, 6) is -1.32. The molecule has 1 aromatic carbocycles. The Hall–Kier alpha value is -2.84. The number of amides is 3. The fourth-order valence-corrected chi connectivity index (χ4v) is 4.21. The van der Waals surface area contributed by atoms with Crippen LogP contribution in [0.2, 0.25) is 0 Å². The Bertz CT molecular complexity index is 1020. The zero-order valence-electron chi connectivity index (χ0n) is 17.5. The van der Waals surface area contributed by atoms with Crippen molar-refractivity contribution in [1.29, 1.82) is 5.26 Å². The number of imide groups is 1. The van der Waals surface area contributed by atoms with Crippen molar-refractivity contribution >= 4 is 34.5 Å². The third-order valence-corrected chi connectivity index (χ3v) is 6.22. The lowest BCUT2D eigenvalue weighted by Crippen LogP contribution is -2.47. The average molecular weight is 466 g/mol. The van der Waals surface area contributed by atoms with Gasteiger partial charge < -0.3 is 4.90 Å². The lowest BCUT2D eigenvalue weighted by Gasteiger charge is -2.34. The van der Waals surface area contributed by atoms with E-state index in [1.54, 1.807) is 11.2 Å². The third kappa shape index (κ3) is 4.66. The predicted octanol–water partition coefficient (Wildman–Crippen LogP) is 3.26. The van der Waals surface area contributed by atoms with E-state index in [1.807, 2.05) is 0 Å². The van der Waals surface area contributed by atoms with Gasteiger partial charge >= 0.3 is 6.18 Å². The second-order valence-electron chi connectivity index (χ2n) is 7.44. The molecule has 1 saturated heterocycles. The largest absolute Gasteiger partial charge is 0.417 e. The molecule has 0 atom stereocenters. The first-order valence-corrected chi connectivity index (χ1v) is 11.1. The minimum Gasteiger partial charge on any atom is -0.331 e. The van der Waals surface area contributed by atoms with Gasteiger partial charge in [-0.3, -0.25) is 19.3 Å². The van der Waals surface area contributed by atoms with Crippen molar-refractivity contribution in [2.75, 3.05) is 43.9 Å². The molecule has 170 valence electrons. The first-order chi connectivity index (χ1) is 15.1. The Morgan fingerprint density at radius 1 is 1.16 bits per heavy atom. The molecule has 0 aromatic heterocycles. The summed E-state index contributed by atoms with van der Waals surface area (Å²) in [5, 5.41) is 8.96. The molecule has 0 radical (unpaired) electrons. The van der Waals surface area contributed by atoms with Crippen LogP contribution in [0.25, 0.3) is 0 Å². The number of hydrogen-bond donors (Lipinski definition) is 0. The van der Waals surface area contributed by atoms with E-state index in [-0.39, 0.29) is 28.5 Å². The molecule has 0 N–H and O–H groups in total. The van der Waals surface area contributed by atoms with Gasteiger partial charge in [0.05, 0.1) is 22.9 Å². The van der Waals surface area contributed by atoms with Gasteiger partial charge in [-0.05, 0) is 37.8 Å². The molecule has 0 unspecified atom stereocenters. The summed E-state index contributed by atoms with van der Waals surface area (Å²) in [5.41, 5.74) is -1.53. The first kappa shape index (κ1) is 23.8. The maximum Gasteiger partial charge on any atom is 0.417 e. The van der Waals surface area contributed by atoms with Crippen LogP contribution >= 0.6 is 11.8 Å². The number of hydrogen-bond acceptors (Lipinski definition) is 6. The maximum absolute atomic E-state index is 13.3. The number of alkyl halides is 3. The van der Waals surface area contributed by atoms with Crippen LogP contribution in [0.5, 0.6) is 0 Å². The van der Waals surface area contributed by atoms with Crippen LogP contribution in [0, 0.1) is 11.3 Å². The van der Waals surface area contributed by atoms with E-state index in [4.69, 9.17) is 5.26 Å². The molecular weight excluding hydrogens is 445 g/mol. The SMILES string of the molecule is CSC(=O)N1CCN(CCC2=C(C)C(=O)N(c3ccc(C#N)c(C(F)(F)F)c3)C2=O)CC1. The zero-order valence-corrected chi connectivity index (χ0v) is 18.3. The highest BCUT2D eigenvalue weighted by atomic mass is 32.2. The third-order valence-electron chi connectivity index (χ3n) is 5.61. The zero-order chi connectivity index (χ0) is 23.6.